The van der Waals surface area contributed by atoms with Crippen molar-refractivity contribution < 1.29 is 4.79 Å². The van der Waals surface area contributed by atoms with E-state index in [0.29, 0.717) is 12.1 Å². The van der Waals surface area contributed by atoms with Gasteiger partial charge < -0.3 is 11.1 Å². The van der Waals surface area contributed by atoms with E-state index in [0.717, 1.165) is 37.9 Å². The Morgan fingerprint density at radius 2 is 1.95 bits per heavy atom. The van der Waals surface area contributed by atoms with Crippen LogP contribution in [0.1, 0.15) is 42.1 Å². The Kier molecular flexibility index (Phi) is 4.32. The number of nitrogens with two attached hydrogens (primary N) is 1. The molecule has 0 saturated heterocycles. The highest BCUT2D eigenvalue weighted by atomic mass is 32.2. The monoisotopic (exact) mass is 290 g/mol. The van der Waals surface area contributed by atoms with Gasteiger partial charge in [-0.15, -0.1) is 11.8 Å². The lowest BCUT2D eigenvalue weighted by Gasteiger charge is -2.30. The third-order valence-electron chi connectivity index (χ3n) is 4.35. The van der Waals surface area contributed by atoms with Crippen LogP contribution in [0.2, 0.25) is 0 Å². The number of nitrogens with one attached hydrogen (secondary N) is 1. The molecule has 1 fully saturated rings. The molecule has 3 N–H and O–H groups in total. The van der Waals surface area contributed by atoms with Gasteiger partial charge in [-0.25, -0.2) is 0 Å². The largest absolute Gasteiger partial charge is 0.352 e. The van der Waals surface area contributed by atoms with Crippen molar-refractivity contribution in [3.05, 3.63) is 35.4 Å². The van der Waals surface area contributed by atoms with E-state index < -0.39 is 0 Å². The summed E-state index contributed by atoms with van der Waals surface area (Å²) in [6, 6.07) is 8.99. The van der Waals surface area contributed by atoms with E-state index in [1.165, 1.54) is 11.1 Å². The summed E-state index contributed by atoms with van der Waals surface area (Å²) in [7, 11) is 0. The van der Waals surface area contributed by atoms with Crippen LogP contribution in [-0.4, -0.2) is 23.7 Å². The van der Waals surface area contributed by atoms with Crippen LogP contribution in [0.4, 0.5) is 0 Å². The van der Waals surface area contributed by atoms with E-state index in [1.54, 1.807) is 11.8 Å². The lowest BCUT2D eigenvalue weighted by atomic mass is 9.91. The number of hydrogen-bond acceptors (Lipinski definition) is 3. The van der Waals surface area contributed by atoms with Crippen molar-refractivity contribution in [1.82, 2.24) is 5.32 Å². The first-order valence-corrected chi connectivity index (χ1v) is 8.54. The van der Waals surface area contributed by atoms with Gasteiger partial charge in [-0.05, 0) is 49.0 Å². The first-order chi connectivity index (χ1) is 9.74. The molecule has 1 amide bonds. The Morgan fingerprint density at radius 3 is 2.75 bits per heavy atom. The lowest BCUT2D eigenvalue weighted by Crippen LogP contribution is -2.42. The standard InChI is InChI=1S/C16H22N2OS/c17-12-5-7-13(8-6-12)18-16(19)15-14-4-2-1-3-11(14)9-10-20-15/h1-4,12-13,15H,5-10,17H2,(H,18,19). The fourth-order valence-corrected chi connectivity index (χ4v) is 4.35. The van der Waals surface area contributed by atoms with Crippen molar-refractivity contribution in [2.75, 3.05) is 5.75 Å². The van der Waals surface area contributed by atoms with E-state index >= 15 is 0 Å². The second-order valence-electron chi connectivity index (χ2n) is 5.82. The minimum absolute atomic E-state index is 0.0319. The quantitative estimate of drug-likeness (QED) is 0.879. The molecule has 0 aromatic heterocycles. The molecule has 0 spiro atoms. The smallest absolute Gasteiger partial charge is 0.237 e. The Bertz CT molecular complexity index is 483. The summed E-state index contributed by atoms with van der Waals surface area (Å²) in [6.07, 6.45) is 5.17. The molecule has 1 saturated carbocycles. The van der Waals surface area contributed by atoms with Gasteiger partial charge in [0.05, 0.1) is 0 Å². The number of amides is 1. The molecule has 0 bridgehead atoms. The van der Waals surface area contributed by atoms with Crippen LogP contribution in [0.3, 0.4) is 0 Å². The molecule has 1 aliphatic heterocycles. The van der Waals surface area contributed by atoms with Gasteiger partial charge in [-0.2, -0.15) is 0 Å². The predicted molar refractivity (Wildman–Crippen MR) is 83.7 cm³/mol. The minimum Gasteiger partial charge on any atom is -0.352 e. The number of thioether (sulfide) groups is 1. The minimum atomic E-state index is -0.0319. The summed E-state index contributed by atoms with van der Waals surface area (Å²) in [5, 5.41) is 3.20. The van der Waals surface area contributed by atoms with Gasteiger partial charge in [0.15, 0.2) is 0 Å². The zero-order chi connectivity index (χ0) is 13.9. The van der Waals surface area contributed by atoms with Gasteiger partial charge in [0.1, 0.15) is 5.25 Å². The summed E-state index contributed by atoms with van der Waals surface area (Å²) in [5.74, 6) is 1.22. The maximum Gasteiger partial charge on any atom is 0.237 e. The van der Waals surface area contributed by atoms with Gasteiger partial charge in [-0.1, -0.05) is 24.3 Å². The Balaban J connectivity index is 1.66. The average Bonchev–Trinajstić information content (AvgIpc) is 2.49. The van der Waals surface area contributed by atoms with Crippen LogP contribution >= 0.6 is 11.8 Å². The molecular weight excluding hydrogens is 268 g/mol. The summed E-state index contributed by atoms with van der Waals surface area (Å²) in [5.41, 5.74) is 8.45. The first kappa shape index (κ1) is 14.0. The molecule has 4 heteroatoms. The highest BCUT2D eigenvalue weighted by molar-refractivity contribution is 8.00. The zero-order valence-electron chi connectivity index (χ0n) is 11.7. The van der Waals surface area contributed by atoms with E-state index in [1.807, 2.05) is 6.07 Å². The van der Waals surface area contributed by atoms with Crippen LogP contribution in [-0.2, 0) is 11.2 Å². The number of fused-ring (bicyclic) bond motifs is 1. The Labute approximate surface area is 124 Å². The van der Waals surface area contributed by atoms with Crippen molar-refractivity contribution >= 4 is 17.7 Å². The molecule has 2 aliphatic rings. The summed E-state index contributed by atoms with van der Waals surface area (Å²) < 4.78 is 0. The number of benzene rings is 1. The molecular formula is C16H22N2OS. The van der Waals surface area contributed by atoms with E-state index in [9.17, 15) is 4.79 Å². The van der Waals surface area contributed by atoms with Crippen LogP contribution in [0.25, 0.3) is 0 Å². The maximum atomic E-state index is 12.5. The van der Waals surface area contributed by atoms with Crippen molar-refractivity contribution in [3.8, 4) is 0 Å². The predicted octanol–water partition coefficient (Wildman–Crippen LogP) is 2.40. The molecule has 0 radical (unpaired) electrons. The molecule has 1 aliphatic carbocycles. The third-order valence-corrected chi connectivity index (χ3v) is 5.59. The Hall–Kier alpha value is -1.00. The average molecular weight is 290 g/mol. The SMILES string of the molecule is NC1CCC(NC(=O)C2SCCc3ccccc32)CC1. The molecule has 108 valence electrons. The summed E-state index contributed by atoms with van der Waals surface area (Å²) in [6.45, 7) is 0. The first-order valence-electron chi connectivity index (χ1n) is 7.49. The third kappa shape index (κ3) is 3.01. The number of rotatable bonds is 2. The van der Waals surface area contributed by atoms with Gasteiger partial charge in [0.2, 0.25) is 5.91 Å². The molecule has 3 rings (SSSR count). The topological polar surface area (TPSA) is 55.1 Å². The Morgan fingerprint density at radius 1 is 1.20 bits per heavy atom. The normalized spacial score (nSPS) is 29.6. The van der Waals surface area contributed by atoms with E-state index in [2.05, 4.69) is 23.5 Å². The molecule has 20 heavy (non-hydrogen) atoms. The van der Waals surface area contributed by atoms with Crippen molar-refractivity contribution in [1.29, 1.82) is 0 Å². The fourth-order valence-electron chi connectivity index (χ4n) is 3.15. The number of carbonyl (C=O) groups is 1. The van der Waals surface area contributed by atoms with Crippen molar-refractivity contribution in [2.45, 2.75) is 49.4 Å². The molecule has 3 nitrogen and oxygen atoms in total. The molecule has 1 aromatic carbocycles. The molecule has 1 atom stereocenters. The van der Waals surface area contributed by atoms with Gasteiger partial charge in [-0.3, -0.25) is 4.79 Å². The van der Waals surface area contributed by atoms with Crippen LogP contribution in [0.15, 0.2) is 24.3 Å². The van der Waals surface area contributed by atoms with Crippen molar-refractivity contribution in [3.63, 3.8) is 0 Å². The van der Waals surface area contributed by atoms with Crippen LogP contribution in [0, 0.1) is 0 Å². The van der Waals surface area contributed by atoms with Gasteiger partial charge in [0, 0.05) is 12.1 Å². The number of carbonyl (C=O) groups excluding carboxylic acids is 1. The van der Waals surface area contributed by atoms with Crippen LogP contribution in [0.5, 0.6) is 0 Å². The summed E-state index contributed by atoms with van der Waals surface area (Å²) in [4.78, 5) is 12.5. The second kappa shape index (κ2) is 6.19. The van der Waals surface area contributed by atoms with Crippen LogP contribution < -0.4 is 11.1 Å². The summed E-state index contributed by atoms with van der Waals surface area (Å²) >= 11 is 1.77. The fraction of sp³-hybridized carbons (Fsp3) is 0.562. The van der Waals surface area contributed by atoms with E-state index in [-0.39, 0.29) is 11.2 Å². The zero-order valence-corrected chi connectivity index (χ0v) is 12.5. The van der Waals surface area contributed by atoms with Gasteiger partial charge >= 0.3 is 0 Å². The lowest BCUT2D eigenvalue weighted by molar-refractivity contribution is -0.121. The van der Waals surface area contributed by atoms with E-state index in [4.69, 9.17) is 5.73 Å². The second-order valence-corrected chi connectivity index (χ2v) is 7.03. The number of aryl methyl sites for hydroxylation is 1. The maximum absolute atomic E-state index is 12.5. The van der Waals surface area contributed by atoms with Gasteiger partial charge in [0.25, 0.3) is 0 Å². The number of hydrogen-bond donors (Lipinski definition) is 2. The highest BCUT2D eigenvalue weighted by Crippen LogP contribution is 2.37. The molecule has 1 aromatic rings. The highest BCUT2D eigenvalue weighted by Gasteiger charge is 2.29. The molecule has 1 unspecified atom stereocenters. The molecule has 1 heterocycles. The van der Waals surface area contributed by atoms with Crippen molar-refractivity contribution in [2.24, 2.45) is 5.73 Å².